The first-order chi connectivity index (χ1) is 12.5. The summed E-state index contributed by atoms with van der Waals surface area (Å²) in [6, 6.07) is 23.2. The second-order valence-electron chi connectivity index (χ2n) is 6.05. The average Bonchev–Trinajstić information content (AvgIpc) is 2.66. The fourth-order valence-electron chi connectivity index (χ4n) is 2.59. The van der Waals surface area contributed by atoms with E-state index < -0.39 is 6.10 Å². The standard InChI is InChI=1S/C22H20ClNO2/c1-15-20(23)9-6-10-21(15)24-22(25)16(2)26-19-13-11-18(12-14-19)17-7-4-3-5-8-17/h3-14,16H,1-2H3,(H,24,25). The molecule has 0 aliphatic rings. The first-order valence-corrected chi connectivity index (χ1v) is 8.80. The molecule has 132 valence electrons. The van der Waals surface area contributed by atoms with Crippen molar-refractivity contribution in [3.63, 3.8) is 0 Å². The molecule has 3 nitrogen and oxygen atoms in total. The van der Waals surface area contributed by atoms with Gasteiger partial charge in [-0.2, -0.15) is 0 Å². The van der Waals surface area contributed by atoms with Crippen LogP contribution in [0.4, 0.5) is 5.69 Å². The van der Waals surface area contributed by atoms with Crippen LogP contribution < -0.4 is 10.1 Å². The highest BCUT2D eigenvalue weighted by molar-refractivity contribution is 6.31. The summed E-state index contributed by atoms with van der Waals surface area (Å²) < 4.78 is 5.76. The van der Waals surface area contributed by atoms with Gasteiger partial charge in [0.05, 0.1) is 0 Å². The van der Waals surface area contributed by atoms with Crippen LogP contribution in [0.2, 0.25) is 5.02 Å². The molecule has 0 saturated carbocycles. The van der Waals surface area contributed by atoms with Gasteiger partial charge in [-0.15, -0.1) is 0 Å². The average molecular weight is 366 g/mol. The highest BCUT2D eigenvalue weighted by Gasteiger charge is 2.16. The van der Waals surface area contributed by atoms with E-state index in [0.29, 0.717) is 16.5 Å². The van der Waals surface area contributed by atoms with Crippen molar-refractivity contribution in [3.05, 3.63) is 83.4 Å². The third kappa shape index (κ3) is 4.24. The Labute approximate surface area is 158 Å². The summed E-state index contributed by atoms with van der Waals surface area (Å²) in [5, 5.41) is 3.48. The lowest BCUT2D eigenvalue weighted by Crippen LogP contribution is -2.30. The van der Waals surface area contributed by atoms with E-state index in [2.05, 4.69) is 17.4 Å². The zero-order valence-electron chi connectivity index (χ0n) is 14.7. The number of benzene rings is 3. The van der Waals surface area contributed by atoms with Crippen LogP contribution in [-0.2, 0) is 4.79 Å². The summed E-state index contributed by atoms with van der Waals surface area (Å²) in [5.74, 6) is 0.428. The van der Waals surface area contributed by atoms with Crippen molar-refractivity contribution in [2.45, 2.75) is 20.0 Å². The molecule has 0 aromatic heterocycles. The largest absolute Gasteiger partial charge is 0.481 e. The summed E-state index contributed by atoms with van der Waals surface area (Å²) in [4.78, 5) is 12.4. The van der Waals surface area contributed by atoms with E-state index in [9.17, 15) is 4.79 Å². The smallest absolute Gasteiger partial charge is 0.265 e. The molecular formula is C22H20ClNO2. The van der Waals surface area contributed by atoms with Gasteiger partial charge in [0, 0.05) is 10.7 Å². The topological polar surface area (TPSA) is 38.3 Å². The number of rotatable bonds is 5. The Hall–Kier alpha value is -2.78. The number of hydrogen-bond acceptors (Lipinski definition) is 2. The third-order valence-corrected chi connectivity index (χ3v) is 4.58. The van der Waals surface area contributed by atoms with E-state index in [-0.39, 0.29) is 5.91 Å². The number of ether oxygens (including phenoxy) is 1. The minimum absolute atomic E-state index is 0.220. The molecule has 0 bridgehead atoms. The van der Waals surface area contributed by atoms with Crippen molar-refractivity contribution in [2.75, 3.05) is 5.32 Å². The van der Waals surface area contributed by atoms with E-state index >= 15 is 0 Å². The Morgan fingerprint density at radius 3 is 2.27 bits per heavy atom. The van der Waals surface area contributed by atoms with Gasteiger partial charge in [0.25, 0.3) is 5.91 Å². The maximum absolute atomic E-state index is 12.4. The fraction of sp³-hybridized carbons (Fsp3) is 0.136. The van der Waals surface area contributed by atoms with Crippen LogP contribution in [-0.4, -0.2) is 12.0 Å². The van der Waals surface area contributed by atoms with E-state index in [0.717, 1.165) is 16.7 Å². The molecule has 0 radical (unpaired) electrons. The lowest BCUT2D eigenvalue weighted by molar-refractivity contribution is -0.122. The molecular weight excluding hydrogens is 346 g/mol. The van der Waals surface area contributed by atoms with E-state index in [1.165, 1.54) is 0 Å². The molecule has 0 aliphatic heterocycles. The summed E-state index contributed by atoms with van der Waals surface area (Å²) in [6.07, 6.45) is -0.629. The van der Waals surface area contributed by atoms with Crippen LogP contribution in [0.15, 0.2) is 72.8 Å². The second kappa shape index (κ2) is 8.07. The van der Waals surface area contributed by atoms with Crippen molar-refractivity contribution in [3.8, 4) is 16.9 Å². The highest BCUT2D eigenvalue weighted by atomic mass is 35.5. The molecule has 0 saturated heterocycles. The number of hydrogen-bond donors (Lipinski definition) is 1. The molecule has 3 rings (SSSR count). The zero-order chi connectivity index (χ0) is 18.5. The van der Waals surface area contributed by atoms with Gasteiger partial charge in [-0.05, 0) is 54.8 Å². The molecule has 0 heterocycles. The minimum atomic E-state index is -0.629. The SMILES string of the molecule is Cc1c(Cl)cccc1NC(=O)C(C)Oc1ccc(-c2ccccc2)cc1. The van der Waals surface area contributed by atoms with Gasteiger partial charge in [0.15, 0.2) is 6.10 Å². The van der Waals surface area contributed by atoms with Gasteiger partial charge < -0.3 is 10.1 Å². The summed E-state index contributed by atoms with van der Waals surface area (Å²) >= 11 is 6.09. The van der Waals surface area contributed by atoms with Gasteiger partial charge in [-0.3, -0.25) is 4.79 Å². The third-order valence-electron chi connectivity index (χ3n) is 4.17. The number of carbonyl (C=O) groups is 1. The maximum atomic E-state index is 12.4. The molecule has 1 N–H and O–H groups in total. The Morgan fingerprint density at radius 1 is 0.923 bits per heavy atom. The number of halogens is 1. The van der Waals surface area contributed by atoms with Crippen LogP contribution in [0.1, 0.15) is 12.5 Å². The summed E-state index contributed by atoms with van der Waals surface area (Å²) in [7, 11) is 0. The first kappa shape index (κ1) is 18.0. The molecule has 26 heavy (non-hydrogen) atoms. The molecule has 3 aromatic carbocycles. The number of carbonyl (C=O) groups excluding carboxylic acids is 1. The van der Waals surface area contributed by atoms with Gasteiger partial charge in [0.1, 0.15) is 5.75 Å². The molecule has 1 atom stereocenters. The van der Waals surface area contributed by atoms with Crippen molar-refractivity contribution in [1.29, 1.82) is 0 Å². The van der Waals surface area contributed by atoms with E-state index in [4.69, 9.17) is 16.3 Å². The van der Waals surface area contributed by atoms with Crippen LogP contribution in [0, 0.1) is 6.92 Å². The Morgan fingerprint density at radius 2 is 1.58 bits per heavy atom. The lowest BCUT2D eigenvalue weighted by atomic mass is 10.1. The van der Waals surface area contributed by atoms with Crippen molar-refractivity contribution < 1.29 is 9.53 Å². The van der Waals surface area contributed by atoms with Crippen LogP contribution in [0.3, 0.4) is 0 Å². The number of anilines is 1. The Bertz CT molecular complexity index is 892. The van der Waals surface area contributed by atoms with Crippen LogP contribution in [0.25, 0.3) is 11.1 Å². The predicted molar refractivity (Wildman–Crippen MR) is 107 cm³/mol. The van der Waals surface area contributed by atoms with Crippen LogP contribution in [0.5, 0.6) is 5.75 Å². The van der Waals surface area contributed by atoms with Gasteiger partial charge in [0.2, 0.25) is 0 Å². The summed E-state index contributed by atoms with van der Waals surface area (Å²) in [6.45, 7) is 3.59. The first-order valence-electron chi connectivity index (χ1n) is 8.43. The van der Waals surface area contributed by atoms with Gasteiger partial charge in [-0.25, -0.2) is 0 Å². The highest BCUT2D eigenvalue weighted by Crippen LogP contribution is 2.24. The molecule has 0 aliphatic carbocycles. The second-order valence-corrected chi connectivity index (χ2v) is 6.46. The van der Waals surface area contributed by atoms with E-state index in [1.807, 2.05) is 55.5 Å². The molecule has 1 amide bonds. The number of amides is 1. The van der Waals surface area contributed by atoms with Crippen molar-refractivity contribution >= 4 is 23.2 Å². The monoisotopic (exact) mass is 365 g/mol. The lowest BCUT2D eigenvalue weighted by Gasteiger charge is -2.16. The van der Waals surface area contributed by atoms with Gasteiger partial charge >= 0.3 is 0 Å². The van der Waals surface area contributed by atoms with Gasteiger partial charge in [-0.1, -0.05) is 60.1 Å². The summed E-state index contributed by atoms with van der Waals surface area (Å²) in [5.41, 5.74) is 3.77. The fourth-order valence-corrected chi connectivity index (χ4v) is 2.77. The molecule has 1 unspecified atom stereocenters. The van der Waals surface area contributed by atoms with E-state index in [1.54, 1.807) is 19.1 Å². The molecule has 0 fully saturated rings. The molecule has 3 aromatic rings. The van der Waals surface area contributed by atoms with Crippen LogP contribution >= 0.6 is 11.6 Å². The normalized spacial score (nSPS) is 11.7. The predicted octanol–water partition coefficient (Wildman–Crippen LogP) is 5.72. The minimum Gasteiger partial charge on any atom is -0.481 e. The van der Waals surface area contributed by atoms with Crippen molar-refractivity contribution in [1.82, 2.24) is 0 Å². The quantitative estimate of drug-likeness (QED) is 0.627. The molecule has 0 spiro atoms. The number of nitrogens with one attached hydrogen (secondary N) is 1. The zero-order valence-corrected chi connectivity index (χ0v) is 15.5. The molecule has 4 heteroatoms. The maximum Gasteiger partial charge on any atom is 0.265 e. The van der Waals surface area contributed by atoms with Crippen molar-refractivity contribution in [2.24, 2.45) is 0 Å². The Kier molecular flexibility index (Phi) is 5.59. The Balaban J connectivity index is 1.65.